The number of pyridine rings is 1. The number of amides is 1. The van der Waals surface area contributed by atoms with Gasteiger partial charge in [0, 0.05) is 47.5 Å². The number of carbonyl (C=O) groups excluding carboxylic acids is 1. The van der Waals surface area contributed by atoms with Crippen molar-refractivity contribution >= 4 is 11.6 Å². The van der Waals surface area contributed by atoms with E-state index in [1.165, 1.54) is 0 Å². The molecule has 9 rings (SSSR count). The zero-order chi connectivity index (χ0) is 30.7. The van der Waals surface area contributed by atoms with Crippen LogP contribution in [0.3, 0.4) is 0 Å². The molecule has 0 radical (unpaired) electrons. The largest absolute Gasteiger partial charge is 0.464 e. The zero-order valence-corrected chi connectivity index (χ0v) is 24.7. The molecule has 0 spiro atoms. The standard InChI is InChI=1S/C34H36F4N4O2/c1-2-44-30-40-18-24(19-41-30)22-4-3-5-26(14-22)42(29(43)33-15-23(16-33)27(35)17-33)21-31-8-11-32(12-9-31,13-10-31)28-7-6-25(20-39-28)34(36,37)38/h3-7,14,18-20,23,27H,2,8-13,15-17,21H2,1H3. The maximum absolute atomic E-state index is 14.6. The van der Waals surface area contributed by atoms with E-state index >= 15 is 0 Å². The van der Waals surface area contributed by atoms with Gasteiger partial charge in [0.25, 0.3) is 0 Å². The maximum atomic E-state index is 14.6. The van der Waals surface area contributed by atoms with Gasteiger partial charge in [-0.3, -0.25) is 9.78 Å². The van der Waals surface area contributed by atoms with Crippen LogP contribution in [0.2, 0.25) is 0 Å². The highest BCUT2D eigenvalue weighted by molar-refractivity contribution is 5.99. The lowest BCUT2D eigenvalue weighted by molar-refractivity contribution is -0.138. The van der Waals surface area contributed by atoms with Crippen LogP contribution in [0.4, 0.5) is 23.2 Å². The number of nitrogens with zero attached hydrogens (tertiary/aromatic N) is 4. The summed E-state index contributed by atoms with van der Waals surface area (Å²) in [6, 6.07) is 10.8. The van der Waals surface area contributed by atoms with E-state index in [9.17, 15) is 22.4 Å². The monoisotopic (exact) mass is 608 g/mol. The Morgan fingerprint density at radius 3 is 2.20 bits per heavy atom. The molecule has 232 valence electrons. The topological polar surface area (TPSA) is 68.2 Å². The van der Waals surface area contributed by atoms with Crippen LogP contribution in [-0.4, -0.2) is 40.2 Å². The highest BCUT2D eigenvalue weighted by Gasteiger charge is 2.62. The van der Waals surface area contributed by atoms with Crippen molar-refractivity contribution in [2.75, 3.05) is 18.1 Å². The number of halogens is 4. The lowest BCUT2D eigenvalue weighted by Crippen LogP contribution is -2.54. The van der Waals surface area contributed by atoms with Crippen LogP contribution < -0.4 is 9.64 Å². The van der Waals surface area contributed by atoms with Crippen molar-refractivity contribution in [2.45, 2.75) is 82.5 Å². The van der Waals surface area contributed by atoms with Crippen molar-refractivity contribution in [1.82, 2.24) is 15.0 Å². The second-order valence-corrected chi connectivity index (χ2v) is 13.5. The van der Waals surface area contributed by atoms with E-state index in [4.69, 9.17) is 4.74 Å². The van der Waals surface area contributed by atoms with Gasteiger partial charge in [0.05, 0.1) is 17.6 Å². The van der Waals surface area contributed by atoms with Crippen LogP contribution >= 0.6 is 0 Å². The number of alkyl halides is 4. The molecule has 2 aromatic heterocycles. The van der Waals surface area contributed by atoms with E-state index in [0.29, 0.717) is 32.0 Å². The molecule has 0 aliphatic heterocycles. The van der Waals surface area contributed by atoms with Gasteiger partial charge >= 0.3 is 12.2 Å². The number of rotatable bonds is 8. The molecule has 6 saturated carbocycles. The molecule has 6 aliphatic carbocycles. The number of anilines is 1. The fourth-order valence-electron chi connectivity index (χ4n) is 8.35. The van der Waals surface area contributed by atoms with E-state index < -0.39 is 23.3 Å². The number of hydrogen-bond acceptors (Lipinski definition) is 5. The van der Waals surface area contributed by atoms with Crippen molar-refractivity contribution in [2.24, 2.45) is 16.7 Å². The fourth-order valence-corrected chi connectivity index (χ4v) is 8.35. The van der Waals surface area contributed by atoms with E-state index in [1.54, 1.807) is 18.5 Å². The molecule has 3 aromatic rings. The summed E-state index contributed by atoms with van der Waals surface area (Å²) >= 11 is 0. The molecule has 4 bridgehead atoms. The molecular weight excluding hydrogens is 572 g/mol. The smallest absolute Gasteiger partial charge is 0.417 e. The van der Waals surface area contributed by atoms with Crippen LogP contribution in [0, 0.1) is 16.7 Å². The van der Waals surface area contributed by atoms with Crippen LogP contribution in [-0.2, 0) is 16.4 Å². The Bertz CT molecular complexity index is 1510. The highest BCUT2D eigenvalue weighted by Crippen LogP contribution is 2.62. The predicted octanol–water partition coefficient (Wildman–Crippen LogP) is 7.72. The molecule has 1 aromatic carbocycles. The number of ether oxygens (including phenoxy) is 1. The number of benzene rings is 1. The number of carbonyl (C=O) groups is 1. The van der Waals surface area contributed by atoms with Gasteiger partial charge in [-0.15, -0.1) is 0 Å². The van der Waals surface area contributed by atoms with Gasteiger partial charge in [-0.05, 0) is 106 Å². The minimum absolute atomic E-state index is 0.00943. The highest BCUT2D eigenvalue weighted by atomic mass is 19.4. The SMILES string of the molecule is CCOc1ncc(-c2cccc(N(CC34CCC(c5ccc(C(F)(F)F)cn5)(CC3)CC4)C(=O)C34CC(F)C(C3)C4)c2)cn1. The zero-order valence-electron chi connectivity index (χ0n) is 24.7. The number of hydrogen-bond donors (Lipinski definition) is 0. The van der Waals surface area contributed by atoms with Gasteiger partial charge in [0.2, 0.25) is 5.91 Å². The van der Waals surface area contributed by atoms with Crippen molar-refractivity contribution in [1.29, 1.82) is 0 Å². The summed E-state index contributed by atoms with van der Waals surface area (Å²) in [7, 11) is 0. The molecule has 1 amide bonds. The van der Waals surface area contributed by atoms with Gasteiger partial charge < -0.3 is 9.64 Å². The Kier molecular flexibility index (Phi) is 6.97. The Morgan fingerprint density at radius 2 is 1.64 bits per heavy atom. The average Bonchev–Trinajstić information content (AvgIpc) is 3.54. The van der Waals surface area contributed by atoms with E-state index in [-0.39, 0.29) is 29.1 Å². The molecule has 6 aliphatic rings. The van der Waals surface area contributed by atoms with Crippen LogP contribution in [0.25, 0.3) is 11.1 Å². The van der Waals surface area contributed by atoms with Crippen LogP contribution in [0.1, 0.15) is 76.0 Å². The summed E-state index contributed by atoms with van der Waals surface area (Å²) in [4.78, 5) is 29.2. The van der Waals surface area contributed by atoms with Crippen molar-refractivity contribution < 1.29 is 27.1 Å². The Balaban J connectivity index is 1.15. The first-order valence-corrected chi connectivity index (χ1v) is 15.6. The summed E-state index contributed by atoms with van der Waals surface area (Å²) in [5.41, 5.74) is 1.47. The summed E-state index contributed by atoms with van der Waals surface area (Å²) in [5.74, 6) is -0.0114. The molecule has 6 fully saturated rings. The molecule has 44 heavy (non-hydrogen) atoms. The fraction of sp³-hybridized carbons (Fsp3) is 0.529. The second kappa shape index (κ2) is 10.5. The first kappa shape index (κ1) is 29.2. The van der Waals surface area contributed by atoms with Gasteiger partial charge in [-0.1, -0.05) is 12.1 Å². The molecule has 0 saturated heterocycles. The predicted molar refractivity (Wildman–Crippen MR) is 157 cm³/mol. The summed E-state index contributed by atoms with van der Waals surface area (Å²) in [6.07, 6.45) is 5.54. The van der Waals surface area contributed by atoms with E-state index in [0.717, 1.165) is 73.3 Å². The first-order chi connectivity index (χ1) is 21.0. The normalized spacial score (nSPS) is 30.6. The average molecular weight is 609 g/mol. The number of fused-ring (bicyclic) bond motifs is 4. The second-order valence-electron chi connectivity index (χ2n) is 13.5. The Hall–Kier alpha value is -3.56. The van der Waals surface area contributed by atoms with Crippen molar-refractivity contribution in [3.8, 4) is 17.1 Å². The third kappa shape index (κ3) is 4.94. The molecule has 0 N–H and O–H groups in total. The quantitative estimate of drug-likeness (QED) is 0.245. The molecule has 2 heterocycles. The van der Waals surface area contributed by atoms with E-state index in [2.05, 4.69) is 15.0 Å². The summed E-state index contributed by atoms with van der Waals surface area (Å²) in [5, 5.41) is 0. The molecular formula is C34H36F4N4O2. The molecule has 10 heteroatoms. The van der Waals surface area contributed by atoms with Gasteiger partial charge in [0.15, 0.2) is 0 Å². The van der Waals surface area contributed by atoms with Gasteiger partial charge in [-0.2, -0.15) is 13.2 Å². The first-order valence-electron chi connectivity index (χ1n) is 15.6. The molecule has 6 nitrogen and oxygen atoms in total. The third-order valence-corrected chi connectivity index (χ3v) is 11.0. The summed E-state index contributed by atoms with van der Waals surface area (Å²) < 4.78 is 59.5. The minimum atomic E-state index is -4.41. The van der Waals surface area contributed by atoms with Gasteiger partial charge in [-0.25, -0.2) is 14.4 Å². The van der Waals surface area contributed by atoms with Crippen LogP contribution in [0.5, 0.6) is 6.01 Å². The maximum Gasteiger partial charge on any atom is 0.417 e. The van der Waals surface area contributed by atoms with E-state index in [1.807, 2.05) is 36.1 Å². The third-order valence-electron chi connectivity index (χ3n) is 11.0. The van der Waals surface area contributed by atoms with Crippen LogP contribution in [0.15, 0.2) is 55.0 Å². The summed E-state index contributed by atoms with van der Waals surface area (Å²) in [6.45, 7) is 2.88. The van der Waals surface area contributed by atoms with Crippen molar-refractivity contribution in [3.05, 3.63) is 66.2 Å². The number of aromatic nitrogens is 3. The molecule has 1 atom stereocenters. The lowest BCUT2D eigenvalue weighted by Gasteiger charge is -2.55. The van der Waals surface area contributed by atoms with Crippen molar-refractivity contribution in [3.63, 3.8) is 0 Å². The van der Waals surface area contributed by atoms with Gasteiger partial charge in [0.1, 0.15) is 6.17 Å². The Labute approximate surface area is 254 Å². The lowest BCUT2D eigenvalue weighted by atomic mass is 9.52. The molecule has 1 unspecified atom stereocenters. The Morgan fingerprint density at radius 1 is 0.932 bits per heavy atom. The minimum Gasteiger partial charge on any atom is -0.464 e.